The molecule has 0 atom stereocenters. The zero-order valence-electron chi connectivity index (χ0n) is 18.7. The number of carbonyl (C=O) groups excluding carboxylic acids is 2. The monoisotopic (exact) mass is 478 g/mol. The van der Waals surface area contributed by atoms with E-state index in [0.29, 0.717) is 36.5 Å². The molecule has 1 saturated heterocycles. The first-order valence-corrected chi connectivity index (χ1v) is 11.1. The molecule has 1 aromatic heterocycles. The van der Waals surface area contributed by atoms with E-state index in [-0.39, 0.29) is 40.8 Å². The van der Waals surface area contributed by atoms with E-state index < -0.39 is 11.5 Å². The van der Waals surface area contributed by atoms with E-state index in [1.807, 2.05) is 0 Å². The average Bonchev–Trinajstić information content (AvgIpc) is 3.09. The summed E-state index contributed by atoms with van der Waals surface area (Å²) in [7, 11) is 2.81. The largest absolute Gasteiger partial charge is 0.502 e. The molecule has 0 radical (unpaired) electrons. The zero-order valence-corrected chi connectivity index (χ0v) is 19.5. The fourth-order valence-corrected chi connectivity index (χ4v) is 4.30. The minimum Gasteiger partial charge on any atom is -0.502 e. The van der Waals surface area contributed by atoms with Gasteiger partial charge in [-0.1, -0.05) is 0 Å². The molecule has 33 heavy (non-hydrogen) atoms. The number of phenolic OH excluding ortho intramolecular Hbond substituents is 1. The summed E-state index contributed by atoms with van der Waals surface area (Å²) < 4.78 is 22.4. The molecule has 2 aromatic rings. The van der Waals surface area contributed by atoms with Crippen molar-refractivity contribution in [1.29, 1.82) is 0 Å². The number of amides is 1. The Labute approximate surface area is 193 Å². The normalized spacial score (nSPS) is 14.9. The summed E-state index contributed by atoms with van der Waals surface area (Å²) in [6.45, 7) is 3.42. The predicted octanol–water partition coefficient (Wildman–Crippen LogP) is -0.336. The molecule has 1 aliphatic heterocycles. The maximum absolute atomic E-state index is 13.2. The first-order valence-electron chi connectivity index (χ1n) is 10.3. The molecule has 10 nitrogen and oxygen atoms in total. The molecule has 0 spiro atoms. The van der Waals surface area contributed by atoms with Crippen LogP contribution >= 0.6 is 11.3 Å². The first-order chi connectivity index (χ1) is 15.9. The summed E-state index contributed by atoms with van der Waals surface area (Å²) in [5, 5.41) is 10.1. The fourth-order valence-electron chi connectivity index (χ4n) is 3.27. The maximum atomic E-state index is 13.2. The second-order valence-corrected chi connectivity index (χ2v) is 8.07. The maximum Gasteiger partial charge on any atom is 0.333 e. The molecule has 11 heteroatoms. The Morgan fingerprint density at radius 3 is 2.39 bits per heavy atom. The molecule has 0 bridgehead atoms. The highest BCUT2D eigenvalue weighted by Gasteiger charge is 2.19. The van der Waals surface area contributed by atoms with Gasteiger partial charge >= 0.3 is 5.97 Å². The Morgan fingerprint density at radius 1 is 1.18 bits per heavy atom. The van der Waals surface area contributed by atoms with Gasteiger partial charge in [0.25, 0.3) is 5.56 Å². The third-order valence-corrected chi connectivity index (χ3v) is 5.98. The second-order valence-electron chi connectivity index (χ2n) is 7.00. The minimum atomic E-state index is -0.606. The number of esters is 1. The van der Waals surface area contributed by atoms with Gasteiger partial charge in [-0.15, -0.1) is 11.3 Å². The Morgan fingerprint density at radius 2 is 1.82 bits per heavy atom. The van der Waals surface area contributed by atoms with Crippen molar-refractivity contribution in [2.24, 2.45) is 0 Å². The Bertz CT molecular complexity index is 1170. The SMILES string of the molecule is CCOC(=O)/C=c1\s/c(=C\c2cc(OC)c(O)c(OC)c2)c(=O)n1CC(=O)N1CCOCC1. The first kappa shape index (κ1) is 24.3. The van der Waals surface area contributed by atoms with E-state index in [9.17, 15) is 19.5 Å². The third-order valence-electron chi connectivity index (χ3n) is 4.92. The van der Waals surface area contributed by atoms with E-state index in [2.05, 4.69) is 0 Å². The third kappa shape index (κ3) is 5.74. The number of aromatic nitrogens is 1. The predicted molar refractivity (Wildman–Crippen MR) is 121 cm³/mol. The smallest absolute Gasteiger partial charge is 0.333 e. The molecule has 2 heterocycles. The number of rotatable bonds is 7. The average molecular weight is 479 g/mol. The standard InChI is InChI=1S/C22H26N2O8S/c1-4-32-20(26)12-19-24(13-18(25)23-5-7-31-8-6-23)22(28)17(33-19)11-14-9-15(29-2)21(27)16(10-14)30-3/h9-12,27H,4-8,13H2,1-3H3/b17-11-,19-12-. The zero-order chi connectivity index (χ0) is 24.0. The summed E-state index contributed by atoms with van der Waals surface area (Å²) in [5.74, 6) is -0.646. The molecule has 1 amide bonds. The second kappa shape index (κ2) is 11.0. The van der Waals surface area contributed by atoms with Gasteiger partial charge in [0.15, 0.2) is 11.5 Å². The van der Waals surface area contributed by atoms with Crippen LogP contribution in [0.25, 0.3) is 12.2 Å². The summed E-state index contributed by atoms with van der Waals surface area (Å²) in [5.41, 5.74) is 0.109. The van der Waals surface area contributed by atoms with Crippen LogP contribution in [0.5, 0.6) is 17.2 Å². The summed E-state index contributed by atoms with van der Waals surface area (Å²) in [6, 6.07) is 3.10. The van der Waals surface area contributed by atoms with Gasteiger partial charge in [-0.25, -0.2) is 4.79 Å². The fraction of sp³-hybridized carbons (Fsp3) is 0.409. The van der Waals surface area contributed by atoms with Gasteiger partial charge in [-0.05, 0) is 30.7 Å². The van der Waals surface area contributed by atoms with Crippen LogP contribution in [0.3, 0.4) is 0 Å². The molecule has 1 fully saturated rings. The lowest BCUT2D eigenvalue weighted by atomic mass is 10.1. The number of benzene rings is 1. The van der Waals surface area contributed by atoms with Crippen LogP contribution in [0.1, 0.15) is 12.5 Å². The van der Waals surface area contributed by atoms with Gasteiger partial charge in [0, 0.05) is 13.1 Å². The summed E-state index contributed by atoms with van der Waals surface area (Å²) in [4.78, 5) is 39.7. The molecule has 0 unspecified atom stereocenters. The lowest BCUT2D eigenvalue weighted by Crippen LogP contribution is -2.45. The van der Waals surface area contributed by atoms with Crippen LogP contribution in [-0.4, -0.2) is 73.6 Å². The van der Waals surface area contributed by atoms with Crippen molar-refractivity contribution >= 4 is 35.4 Å². The number of hydrogen-bond acceptors (Lipinski definition) is 9. The highest BCUT2D eigenvalue weighted by atomic mass is 32.1. The van der Waals surface area contributed by atoms with Gasteiger partial charge in [0.2, 0.25) is 11.7 Å². The van der Waals surface area contributed by atoms with Crippen molar-refractivity contribution in [2.75, 3.05) is 47.1 Å². The van der Waals surface area contributed by atoms with Crippen molar-refractivity contribution in [3.05, 3.63) is 37.2 Å². The molecule has 178 valence electrons. The topological polar surface area (TPSA) is 117 Å². The lowest BCUT2D eigenvalue weighted by molar-refractivity contribution is -0.136. The van der Waals surface area contributed by atoms with Crippen LogP contribution in [-0.2, 0) is 25.6 Å². The quantitative estimate of drug-likeness (QED) is 0.538. The van der Waals surface area contributed by atoms with Crippen LogP contribution in [0, 0.1) is 0 Å². The molecular weight excluding hydrogens is 452 g/mol. The number of carbonyl (C=O) groups is 2. The van der Waals surface area contributed by atoms with E-state index in [1.165, 1.54) is 24.9 Å². The van der Waals surface area contributed by atoms with Crippen LogP contribution in [0.4, 0.5) is 0 Å². The highest BCUT2D eigenvalue weighted by molar-refractivity contribution is 7.07. The lowest BCUT2D eigenvalue weighted by Gasteiger charge is -2.26. The number of ether oxygens (including phenoxy) is 4. The molecule has 1 aromatic carbocycles. The number of hydrogen-bond donors (Lipinski definition) is 1. The Hall–Kier alpha value is -3.31. The van der Waals surface area contributed by atoms with Crippen LogP contribution < -0.4 is 24.2 Å². The van der Waals surface area contributed by atoms with E-state index in [4.69, 9.17) is 18.9 Å². The molecule has 3 rings (SSSR count). The summed E-state index contributed by atoms with van der Waals surface area (Å²) >= 11 is 1.05. The van der Waals surface area contributed by atoms with Crippen LogP contribution in [0.2, 0.25) is 0 Å². The van der Waals surface area contributed by atoms with Crippen molar-refractivity contribution < 1.29 is 33.6 Å². The molecule has 0 aliphatic carbocycles. The Kier molecular flexibility index (Phi) is 8.12. The van der Waals surface area contributed by atoms with Gasteiger partial charge in [-0.3, -0.25) is 14.2 Å². The molecule has 0 saturated carbocycles. The highest BCUT2D eigenvalue weighted by Crippen LogP contribution is 2.37. The van der Waals surface area contributed by atoms with E-state index in [0.717, 1.165) is 11.3 Å². The number of nitrogens with zero attached hydrogens (tertiary/aromatic N) is 2. The van der Waals surface area contributed by atoms with Gasteiger partial charge in [0.05, 0.1) is 44.6 Å². The number of phenols is 1. The van der Waals surface area contributed by atoms with Crippen molar-refractivity contribution in [3.8, 4) is 17.2 Å². The van der Waals surface area contributed by atoms with Gasteiger partial charge in [0.1, 0.15) is 11.2 Å². The number of aromatic hydroxyl groups is 1. The van der Waals surface area contributed by atoms with E-state index >= 15 is 0 Å². The summed E-state index contributed by atoms with van der Waals surface area (Å²) in [6.07, 6.45) is 2.78. The Balaban J connectivity index is 2.09. The van der Waals surface area contributed by atoms with Gasteiger partial charge < -0.3 is 29.0 Å². The van der Waals surface area contributed by atoms with Gasteiger partial charge in [-0.2, -0.15) is 0 Å². The molecular formula is C22H26N2O8S. The van der Waals surface area contributed by atoms with Crippen molar-refractivity contribution in [2.45, 2.75) is 13.5 Å². The minimum absolute atomic E-state index is 0.159. The van der Waals surface area contributed by atoms with Crippen LogP contribution in [0.15, 0.2) is 16.9 Å². The molecule has 1 N–H and O–H groups in total. The van der Waals surface area contributed by atoms with E-state index in [1.54, 1.807) is 30.0 Å². The number of morpholine rings is 1. The molecule has 1 aliphatic rings. The number of methoxy groups -OCH3 is 2. The number of thiazole rings is 1. The van der Waals surface area contributed by atoms with Crippen molar-refractivity contribution in [1.82, 2.24) is 9.47 Å². The van der Waals surface area contributed by atoms with Crippen molar-refractivity contribution in [3.63, 3.8) is 0 Å².